The second kappa shape index (κ2) is 7.35. The number of hydrogen-bond donors (Lipinski definition) is 2. The molecule has 22 heavy (non-hydrogen) atoms. The van der Waals surface area contributed by atoms with E-state index in [-0.39, 0.29) is 18.4 Å². The fraction of sp³-hybridized carbons (Fsp3) is 0.333. The molecule has 2 aromatic heterocycles. The second-order valence-corrected chi connectivity index (χ2v) is 4.69. The van der Waals surface area contributed by atoms with Crippen LogP contribution in [-0.2, 0) is 17.8 Å². The maximum atomic E-state index is 12.3. The largest absolute Gasteiger partial charge is 0.355 e. The summed E-state index contributed by atoms with van der Waals surface area (Å²) in [5.41, 5.74) is 1.46. The SMILES string of the molecule is CCNC(=O)Cn1ccc(NC(=O)c2ccncc2CC)n1. The van der Waals surface area contributed by atoms with E-state index < -0.39 is 0 Å². The number of carbonyl (C=O) groups excluding carboxylic acids is 2. The van der Waals surface area contributed by atoms with E-state index in [9.17, 15) is 9.59 Å². The molecule has 2 N–H and O–H groups in total. The van der Waals surface area contributed by atoms with Crippen molar-refractivity contribution >= 4 is 17.6 Å². The Kier molecular flexibility index (Phi) is 5.24. The summed E-state index contributed by atoms with van der Waals surface area (Å²) in [5.74, 6) is 0.0570. The summed E-state index contributed by atoms with van der Waals surface area (Å²) < 4.78 is 1.48. The Morgan fingerprint density at radius 2 is 2.09 bits per heavy atom. The van der Waals surface area contributed by atoms with Gasteiger partial charge in [0.1, 0.15) is 6.54 Å². The zero-order valence-electron chi connectivity index (χ0n) is 12.7. The number of aromatic nitrogens is 3. The topological polar surface area (TPSA) is 88.9 Å². The van der Waals surface area contributed by atoms with Gasteiger partial charge in [0.05, 0.1) is 0 Å². The average Bonchev–Trinajstić information content (AvgIpc) is 2.94. The molecule has 0 saturated heterocycles. The fourth-order valence-corrected chi connectivity index (χ4v) is 2.03. The van der Waals surface area contributed by atoms with E-state index in [2.05, 4.69) is 20.7 Å². The summed E-state index contributed by atoms with van der Waals surface area (Å²) in [6.07, 6.45) is 5.64. The van der Waals surface area contributed by atoms with Gasteiger partial charge in [-0.05, 0) is 25.0 Å². The minimum absolute atomic E-state index is 0.120. The van der Waals surface area contributed by atoms with Gasteiger partial charge >= 0.3 is 0 Å². The van der Waals surface area contributed by atoms with Crippen LogP contribution in [0.15, 0.2) is 30.7 Å². The Labute approximate surface area is 128 Å². The summed E-state index contributed by atoms with van der Waals surface area (Å²) in [4.78, 5) is 27.8. The molecule has 2 rings (SSSR count). The fourth-order valence-electron chi connectivity index (χ4n) is 2.03. The molecule has 0 aliphatic rings. The van der Waals surface area contributed by atoms with Crippen LogP contribution in [0.3, 0.4) is 0 Å². The highest BCUT2D eigenvalue weighted by atomic mass is 16.2. The minimum atomic E-state index is -0.234. The number of anilines is 1. The molecule has 0 atom stereocenters. The molecule has 0 saturated carbocycles. The third-order valence-electron chi connectivity index (χ3n) is 3.09. The summed E-state index contributed by atoms with van der Waals surface area (Å²) in [6, 6.07) is 3.34. The molecule has 2 heterocycles. The summed E-state index contributed by atoms with van der Waals surface area (Å²) >= 11 is 0. The van der Waals surface area contributed by atoms with Gasteiger partial charge in [-0.15, -0.1) is 0 Å². The molecule has 2 aromatic rings. The van der Waals surface area contributed by atoms with Crippen molar-refractivity contribution in [2.24, 2.45) is 0 Å². The Morgan fingerprint density at radius 3 is 2.82 bits per heavy atom. The van der Waals surface area contributed by atoms with Crippen LogP contribution in [0.2, 0.25) is 0 Å². The van der Waals surface area contributed by atoms with Crippen molar-refractivity contribution in [3.63, 3.8) is 0 Å². The van der Waals surface area contributed by atoms with Crippen molar-refractivity contribution < 1.29 is 9.59 Å². The van der Waals surface area contributed by atoms with Gasteiger partial charge in [-0.25, -0.2) is 0 Å². The third-order valence-corrected chi connectivity index (χ3v) is 3.09. The van der Waals surface area contributed by atoms with Gasteiger partial charge in [0.15, 0.2) is 5.82 Å². The Morgan fingerprint density at radius 1 is 1.27 bits per heavy atom. The van der Waals surface area contributed by atoms with E-state index in [1.165, 1.54) is 4.68 Å². The van der Waals surface area contributed by atoms with Crippen molar-refractivity contribution in [1.29, 1.82) is 0 Å². The van der Waals surface area contributed by atoms with Gasteiger partial charge in [0.25, 0.3) is 5.91 Å². The van der Waals surface area contributed by atoms with Gasteiger partial charge in [-0.3, -0.25) is 19.3 Å². The van der Waals surface area contributed by atoms with Crippen LogP contribution in [0, 0.1) is 0 Å². The molecule has 0 radical (unpaired) electrons. The zero-order valence-corrected chi connectivity index (χ0v) is 12.7. The average molecular weight is 301 g/mol. The highest BCUT2D eigenvalue weighted by Gasteiger charge is 2.12. The number of hydrogen-bond acceptors (Lipinski definition) is 4. The number of likely N-dealkylation sites (N-methyl/N-ethyl adjacent to an activating group) is 1. The number of pyridine rings is 1. The summed E-state index contributed by atoms with van der Waals surface area (Å²) in [6.45, 7) is 4.52. The lowest BCUT2D eigenvalue weighted by Gasteiger charge is -2.06. The molecule has 0 aromatic carbocycles. The molecule has 0 aliphatic heterocycles. The molecule has 0 spiro atoms. The van der Waals surface area contributed by atoms with Crippen molar-refractivity contribution in [2.75, 3.05) is 11.9 Å². The standard InChI is InChI=1S/C15H19N5O2/c1-3-11-9-16-7-5-12(11)15(22)18-13-6-8-20(19-13)10-14(21)17-4-2/h5-9H,3-4,10H2,1-2H3,(H,17,21)(H,18,19,22). The van der Waals surface area contributed by atoms with Gasteiger partial charge in [-0.1, -0.05) is 6.92 Å². The lowest BCUT2D eigenvalue weighted by molar-refractivity contribution is -0.121. The number of nitrogens with zero attached hydrogens (tertiary/aromatic N) is 3. The lowest BCUT2D eigenvalue weighted by atomic mass is 10.1. The Bertz CT molecular complexity index is 665. The molecule has 0 unspecified atom stereocenters. The molecule has 0 bridgehead atoms. The van der Waals surface area contributed by atoms with Crippen molar-refractivity contribution in [3.8, 4) is 0 Å². The van der Waals surface area contributed by atoms with E-state index in [0.717, 1.165) is 12.0 Å². The first-order valence-corrected chi connectivity index (χ1v) is 7.18. The van der Waals surface area contributed by atoms with E-state index >= 15 is 0 Å². The molecule has 2 amide bonds. The van der Waals surface area contributed by atoms with Gasteiger partial charge in [0, 0.05) is 36.8 Å². The second-order valence-electron chi connectivity index (χ2n) is 4.69. The predicted molar refractivity (Wildman–Crippen MR) is 82.5 cm³/mol. The Hall–Kier alpha value is -2.70. The van der Waals surface area contributed by atoms with Crippen LogP contribution >= 0.6 is 0 Å². The first kappa shape index (κ1) is 15.7. The summed E-state index contributed by atoms with van der Waals surface area (Å²) in [7, 11) is 0. The van der Waals surface area contributed by atoms with Gasteiger partial charge in [0.2, 0.25) is 5.91 Å². The number of aryl methyl sites for hydroxylation is 1. The van der Waals surface area contributed by atoms with Crippen molar-refractivity contribution in [3.05, 3.63) is 41.9 Å². The molecule has 116 valence electrons. The van der Waals surface area contributed by atoms with Crippen molar-refractivity contribution in [1.82, 2.24) is 20.1 Å². The zero-order chi connectivity index (χ0) is 15.9. The van der Waals surface area contributed by atoms with Crippen molar-refractivity contribution in [2.45, 2.75) is 26.8 Å². The predicted octanol–water partition coefficient (Wildman–Crippen LogP) is 1.23. The maximum absolute atomic E-state index is 12.3. The van der Waals surface area contributed by atoms with E-state index in [0.29, 0.717) is 17.9 Å². The minimum Gasteiger partial charge on any atom is -0.355 e. The normalized spacial score (nSPS) is 10.3. The third kappa shape index (κ3) is 3.91. The molecular formula is C15H19N5O2. The number of amides is 2. The van der Waals surface area contributed by atoms with Crippen LogP contribution < -0.4 is 10.6 Å². The van der Waals surface area contributed by atoms with Crippen LogP contribution in [0.1, 0.15) is 29.8 Å². The molecule has 0 aliphatic carbocycles. The molecule has 7 heteroatoms. The van der Waals surface area contributed by atoms with Crippen LogP contribution in [0.5, 0.6) is 0 Å². The van der Waals surface area contributed by atoms with Crippen LogP contribution in [-0.4, -0.2) is 33.1 Å². The first-order chi connectivity index (χ1) is 10.6. The number of rotatable bonds is 6. The number of carbonyl (C=O) groups is 2. The highest BCUT2D eigenvalue weighted by molar-refractivity contribution is 6.04. The van der Waals surface area contributed by atoms with E-state index in [1.807, 2.05) is 13.8 Å². The van der Waals surface area contributed by atoms with E-state index in [1.54, 1.807) is 30.7 Å². The van der Waals surface area contributed by atoms with Crippen LogP contribution in [0.4, 0.5) is 5.82 Å². The number of nitrogens with one attached hydrogen (secondary N) is 2. The lowest BCUT2D eigenvalue weighted by Crippen LogP contribution is -2.27. The van der Waals surface area contributed by atoms with Crippen LogP contribution in [0.25, 0.3) is 0 Å². The molecule has 0 fully saturated rings. The summed E-state index contributed by atoms with van der Waals surface area (Å²) in [5, 5.41) is 9.58. The molecular weight excluding hydrogens is 282 g/mol. The van der Waals surface area contributed by atoms with Gasteiger partial charge < -0.3 is 10.6 Å². The smallest absolute Gasteiger partial charge is 0.257 e. The molecule has 7 nitrogen and oxygen atoms in total. The first-order valence-electron chi connectivity index (χ1n) is 7.18. The highest BCUT2D eigenvalue weighted by Crippen LogP contribution is 2.11. The van der Waals surface area contributed by atoms with E-state index in [4.69, 9.17) is 0 Å². The Balaban J connectivity index is 2.03. The quantitative estimate of drug-likeness (QED) is 0.840. The monoisotopic (exact) mass is 301 g/mol. The maximum Gasteiger partial charge on any atom is 0.257 e. The van der Waals surface area contributed by atoms with Gasteiger partial charge in [-0.2, -0.15) is 5.10 Å².